The number of carboxylic acid groups (broad SMARTS) is 1. The van der Waals surface area contributed by atoms with Crippen molar-refractivity contribution in [3.8, 4) is 0 Å². The van der Waals surface area contributed by atoms with Crippen molar-refractivity contribution in [3.63, 3.8) is 0 Å². The van der Waals surface area contributed by atoms with Crippen molar-refractivity contribution in [1.29, 1.82) is 0 Å². The number of benzene rings is 1. The molecule has 1 aromatic carbocycles. The van der Waals surface area contributed by atoms with Crippen LogP contribution in [0, 0.1) is 5.92 Å². The van der Waals surface area contributed by atoms with Gasteiger partial charge in [0.25, 0.3) is 0 Å². The van der Waals surface area contributed by atoms with Gasteiger partial charge in [-0.15, -0.1) is 0 Å². The molecule has 1 aromatic heterocycles. The van der Waals surface area contributed by atoms with Gasteiger partial charge in [-0.25, -0.2) is 4.79 Å². The Balaban J connectivity index is 1.73. The van der Waals surface area contributed by atoms with Crippen molar-refractivity contribution in [2.24, 2.45) is 5.92 Å². The van der Waals surface area contributed by atoms with Crippen molar-refractivity contribution in [2.75, 3.05) is 18.4 Å². The lowest BCUT2D eigenvalue weighted by molar-refractivity contribution is -0.141. The molecule has 0 radical (unpaired) electrons. The van der Waals surface area contributed by atoms with Gasteiger partial charge in [0.1, 0.15) is 0 Å². The number of aliphatic carboxylic acids is 1. The number of urea groups is 1. The van der Waals surface area contributed by atoms with E-state index in [1.54, 1.807) is 11.1 Å². The highest BCUT2D eigenvalue weighted by atomic mass is 16.4. The van der Waals surface area contributed by atoms with Crippen molar-refractivity contribution in [3.05, 3.63) is 24.4 Å². The number of nitrogens with one attached hydrogen (secondary N) is 1. The molecule has 0 saturated carbocycles. The smallest absolute Gasteiger partial charge is 0.321 e. The summed E-state index contributed by atoms with van der Waals surface area (Å²) in [6.07, 6.45) is 2.30. The van der Waals surface area contributed by atoms with Crippen LogP contribution in [0.1, 0.15) is 13.3 Å². The zero-order chi connectivity index (χ0) is 15.7. The average molecular weight is 302 g/mol. The number of carboxylic acids is 1. The van der Waals surface area contributed by atoms with E-state index in [0.717, 1.165) is 17.4 Å². The number of aromatic nitrogens is 2. The molecule has 1 aliphatic heterocycles. The molecular weight excluding hydrogens is 284 g/mol. The summed E-state index contributed by atoms with van der Waals surface area (Å²) in [5.74, 6) is -1.31. The first-order valence-corrected chi connectivity index (χ1v) is 7.32. The zero-order valence-corrected chi connectivity index (χ0v) is 12.3. The number of aryl methyl sites for hydroxylation is 1. The van der Waals surface area contributed by atoms with Crippen molar-refractivity contribution in [1.82, 2.24) is 14.7 Å². The number of amides is 2. The summed E-state index contributed by atoms with van der Waals surface area (Å²) in [6, 6.07) is 5.36. The highest BCUT2D eigenvalue weighted by molar-refractivity contribution is 5.93. The van der Waals surface area contributed by atoms with Gasteiger partial charge in [0.15, 0.2) is 0 Å². The molecule has 0 spiro atoms. The molecule has 3 rings (SSSR count). The molecule has 0 aliphatic carbocycles. The van der Waals surface area contributed by atoms with Crippen LogP contribution in [0.5, 0.6) is 0 Å². The van der Waals surface area contributed by atoms with E-state index in [4.69, 9.17) is 5.11 Å². The van der Waals surface area contributed by atoms with Crippen LogP contribution in [0.2, 0.25) is 0 Å². The Hall–Kier alpha value is -2.57. The molecule has 1 unspecified atom stereocenters. The van der Waals surface area contributed by atoms with Crippen LogP contribution >= 0.6 is 0 Å². The average Bonchev–Trinajstić information content (AvgIpc) is 3.13. The Labute approximate surface area is 127 Å². The Morgan fingerprint density at radius 2 is 2.27 bits per heavy atom. The van der Waals surface area contributed by atoms with Gasteiger partial charge in [-0.3, -0.25) is 9.48 Å². The van der Waals surface area contributed by atoms with Crippen LogP contribution in [0.3, 0.4) is 0 Å². The number of hydrogen-bond acceptors (Lipinski definition) is 3. The summed E-state index contributed by atoms with van der Waals surface area (Å²) in [4.78, 5) is 24.7. The molecule has 1 fully saturated rings. The summed E-state index contributed by atoms with van der Waals surface area (Å²) >= 11 is 0. The number of carbonyl (C=O) groups excluding carboxylic acids is 1. The molecule has 1 atom stereocenters. The minimum absolute atomic E-state index is 0.259. The van der Waals surface area contributed by atoms with E-state index in [1.807, 2.05) is 29.8 Å². The fourth-order valence-corrected chi connectivity index (χ4v) is 2.75. The Morgan fingerprint density at radius 3 is 2.95 bits per heavy atom. The molecule has 2 amide bonds. The second-order valence-corrected chi connectivity index (χ2v) is 5.43. The van der Waals surface area contributed by atoms with Crippen molar-refractivity contribution >= 4 is 28.6 Å². The van der Waals surface area contributed by atoms with E-state index >= 15 is 0 Å². The second-order valence-electron chi connectivity index (χ2n) is 5.43. The lowest BCUT2D eigenvalue weighted by Gasteiger charge is -2.16. The van der Waals surface area contributed by atoms with E-state index in [9.17, 15) is 9.59 Å². The lowest BCUT2D eigenvalue weighted by Crippen LogP contribution is -2.33. The summed E-state index contributed by atoms with van der Waals surface area (Å²) in [5.41, 5.74) is 1.65. The van der Waals surface area contributed by atoms with Gasteiger partial charge in [0.05, 0.1) is 17.6 Å². The molecule has 2 heterocycles. The minimum Gasteiger partial charge on any atom is -0.481 e. The number of carbonyl (C=O) groups is 2. The monoisotopic (exact) mass is 302 g/mol. The predicted molar refractivity (Wildman–Crippen MR) is 81.7 cm³/mol. The third-order valence-corrected chi connectivity index (χ3v) is 4.02. The van der Waals surface area contributed by atoms with Gasteiger partial charge < -0.3 is 15.3 Å². The molecule has 116 valence electrons. The van der Waals surface area contributed by atoms with Gasteiger partial charge in [0.2, 0.25) is 0 Å². The third-order valence-electron chi connectivity index (χ3n) is 4.02. The number of hydrogen-bond donors (Lipinski definition) is 2. The second kappa shape index (κ2) is 5.67. The van der Waals surface area contributed by atoms with E-state index < -0.39 is 11.9 Å². The maximum Gasteiger partial charge on any atom is 0.321 e. The topological polar surface area (TPSA) is 87.5 Å². The van der Waals surface area contributed by atoms with Gasteiger partial charge in [-0.05, 0) is 31.5 Å². The van der Waals surface area contributed by atoms with Crippen LogP contribution in [0.15, 0.2) is 24.4 Å². The highest BCUT2D eigenvalue weighted by Crippen LogP contribution is 2.21. The van der Waals surface area contributed by atoms with E-state index in [0.29, 0.717) is 18.7 Å². The van der Waals surface area contributed by atoms with Crippen LogP contribution < -0.4 is 5.32 Å². The standard InChI is InChI=1S/C15H18N4O3/c1-2-19-13-7-12(4-3-10(13)8-16-19)17-15(22)18-6-5-11(9-18)14(20)21/h3-4,7-8,11H,2,5-6,9H2,1H3,(H,17,22)(H,20,21). The summed E-state index contributed by atoms with van der Waals surface area (Å²) < 4.78 is 1.86. The summed E-state index contributed by atoms with van der Waals surface area (Å²) in [6.45, 7) is 3.50. The number of fused-ring (bicyclic) bond motifs is 1. The number of anilines is 1. The molecule has 0 bridgehead atoms. The largest absolute Gasteiger partial charge is 0.481 e. The van der Waals surface area contributed by atoms with Crippen molar-refractivity contribution in [2.45, 2.75) is 19.9 Å². The third kappa shape index (κ3) is 2.61. The van der Waals surface area contributed by atoms with Gasteiger partial charge in [-0.2, -0.15) is 5.10 Å². The maximum absolute atomic E-state index is 12.2. The van der Waals surface area contributed by atoms with E-state index in [1.165, 1.54) is 0 Å². The first kappa shape index (κ1) is 14.4. The molecule has 2 N–H and O–H groups in total. The molecule has 2 aromatic rings. The first-order valence-electron chi connectivity index (χ1n) is 7.32. The molecule has 7 heteroatoms. The molecular formula is C15H18N4O3. The fourth-order valence-electron chi connectivity index (χ4n) is 2.75. The molecule has 1 saturated heterocycles. The zero-order valence-electron chi connectivity index (χ0n) is 12.3. The maximum atomic E-state index is 12.2. The summed E-state index contributed by atoms with van der Waals surface area (Å²) in [5, 5.41) is 17.1. The van der Waals surface area contributed by atoms with E-state index in [-0.39, 0.29) is 12.6 Å². The SMILES string of the molecule is CCn1ncc2ccc(NC(=O)N3CCC(C(=O)O)C3)cc21. The first-order chi connectivity index (χ1) is 10.6. The van der Waals surface area contributed by atoms with Crippen LogP contribution in [0.25, 0.3) is 10.9 Å². The highest BCUT2D eigenvalue weighted by Gasteiger charge is 2.30. The lowest BCUT2D eigenvalue weighted by atomic mass is 10.1. The minimum atomic E-state index is -0.844. The Kier molecular flexibility index (Phi) is 3.70. The number of likely N-dealkylation sites (tertiary alicyclic amines) is 1. The molecule has 7 nitrogen and oxygen atoms in total. The predicted octanol–water partition coefficient (Wildman–Crippen LogP) is 1.99. The van der Waals surface area contributed by atoms with Crippen LogP contribution in [-0.4, -0.2) is 44.9 Å². The van der Waals surface area contributed by atoms with Gasteiger partial charge in [0, 0.05) is 30.7 Å². The van der Waals surface area contributed by atoms with Crippen molar-refractivity contribution < 1.29 is 14.7 Å². The van der Waals surface area contributed by atoms with Gasteiger partial charge >= 0.3 is 12.0 Å². The Bertz CT molecular complexity index is 725. The summed E-state index contributed by atoms with van der Waals surface area (Å²) in [7, 11) is 0. The normalized spacial score (nSPS) is 17.9. The number of nitrogens with zero attached hydrogens (tertiary/aromatic N) is 3. The quantitative estimate of drug-likeness (QED) is 0.907. The van der Waals surface area contributed by atoms with E-state index in [2.05, 4.69) is 10.4 Å². The van der Waals surface area contributed by atoms with Crippen LogP contribution in [-0.2, 0) is 11.3 Å². The molecule has 1 aliphatic rings. The molecule has 22 heavy (non-hydrogen) atoms. The number of rotatable bonds is 3. The van der Waals surface area contributed by atoms with Crippen LogP contribution in [0.4, 0.5) is 10.5 Å². The van der Waals surface area contributed by atoms with Gasteiger partial charge in [-0.1, -0.05) is 0 Å². The Morgan fingerprint density at radius 1 is 1.45 bits per heavy atom. The fraction of sp³-hybridized carbons (Fsp3) is 0.400.